The number of rotatable bonds is 6. The minimum Gasteiger partial charge on any atom is -0.481 e. The Labute approximate surface area is 118 Å². The molecule has 1 aliphatic carbocycles. The Hall–Kier alpha value is -1.37. The predicted molar refractivity (Wildman–Crippen MR) is 74.1 cm³/mol. The Morgan fingerprint density at radius 1 is 1.50 bits per heavy atom. The van der Waals surface area contributed by atoms with Crippen LogP contribution >= 0.6 is 0 Å². The van der Waals surface area contributed by atoms with Gasteiger partial charge in [-0.1, -0.05) is 12.8 Å². The van der Waals surface area contributed by atoms with E-state index in [-0.39, 0.29) is 12.2 Å². The largest absolute Gasteiger partial charge is 0.481 e. The first-order chi connectivity index (χ1) is 9.38. The molecule has 20 heavy (non-hydrogen) atoms. The zero-order valence-electron chi connectivity index (χ0n) is 11.5. The van der Waals surface area contributed by atoms with E-state index in [1.807, 2.05) is 10.9 Å². The van der Waals surface area contributed by atoms with Crippen LogP contribution in [0, 0.1) is 0 Å². The van der Waals surface area contributed by atoms with Gasteiger partial charge in [-0.25, -0.2) is 8.42 Å². The lowest BCUT2D eigenvalue weighted by Gasteiger charge is -2.10. The van der Waals surface area contributed by atoms with Crippen molar-refractivity contribution in [3.63, 3.8) is 0 Å². The molecule has 0 saturated heterocycles. The van der Waals surface area contributed by atoms with E-state index in [1.54, 1.807) is 6.07 Å². The van der Waals surface area contributed by atoms with Gasteiger partial charge in [0.25, 0.3) is 0 Å². The van der Waals surface area contributed by atoms with Crippen LogP contribution in [-0.2, 0) is 20.4 Å². The smallest absolute Gasteiger partial charge is 0.304 e. The third kappa shape index (κ3) is 3.59. The van der Waals surface area contributed by atoms with Gasteiger partial charge < -0.3 is 5.11 Å². The predicted octanol–water partition coefficient (Wildman–Crippen LogP) is 1.78. The van der Waals surface area contributed by atoms with Crippen molar-refractivity contribution in [2.24, 2.45) is 0 Å². The number of aromatic nitrogens is 2. The van der Waals surface area contributed by atoms with Crippen LogP contribution in [0.25, 0.3) is 0 Å². The normalized spacial score (nSPS) is 18.2. The number of nitrogens with zero attached hydrogens (tertiary/aromatic N) is 2. The quantitative estimate of drug-likeness (QED) is 0.865. The Kier molecular flexibility index (Phi) is 4.47. The van der Waals surface area contributed by atoms with E-state index in [4.69, 9.17) is 5.11 Å². The van der Waals surface area contributed by atoms with Gasteiger partial charge in [-0.05, 0) is 25.8 Å². The van der Waals surface area contributed by atoms with Crippen molar-refractivity contribution >= 4 is 15.8 Å². The fourth-order valence-corrected chi connectivity index (χ4v) is 3.80. The number of hydrogen-bond acceptors (Lipinski definition) is 4. The Bertz CT molecular complexity index is 573. The zero-order valence-corrected chi connectivity index (χ0v) is 12.3. The second-order valence-corrected chi connectivity index (χ2v) is 7.86. The molecule has 0 bridgehead atoms. The van der Waals surface area contributed by atoms with E-state index in [0.717, 1.165) is 12.8 Å². The summed E-state index contributed by atoms with van der Waals surface area (Å²) in [7, 11) is -3.48. The molecule has 7 heteroatoms. The van der Waals surface area contributed by atoms with Crippen molar-refractivity contribution in [2.45, 2.75) is 56.1 Å². The second-order valence-electron chi connectivity index (χ2n) is 5.44. The van der Waals surface area contributed by atoms with Crippen LogP contribution in [0.15, 0.2) is 12.3 Å². The van der Waals surface area contributed by atoms with Gasteiger partial charge >= 0.3 is 5.97 Å². The highest BCUT2D eigenvalue weighted by Gasteiger charge is 2.25. The van der Waals surface area contributed by atoms with Crippen LogP contribution in [0.4, 0.5) is 0 Å². The van der Waals surface area contributed by atoms with E-state index in [9.17, 15) is 13.2 Å². The molecule has 0 aliphatic heterocycles. The van der Waals surface area contributed by atoms with Gasteiger partial charge in [-0.3, -0.25) is 9.48 Å². The molecule has 6 nitrogen and oxygen atoms in total. The Balaban J connectivity index is 2.03. The van der Waals surface area contributed by atoms with Crippen molar-refractivity contribution in [2.75, 3.05) is 0 Å². The molecule has 1 fully saturated rings. The molecule has 1 aromatic rings. The third-order valence-electron chi connectivity index (χ3n) is 3.79. The van der Waals surface area contributed by atoms with Crippen LogP contribution in [-0.4, -0.2) is 34.5 Å². The van der Waals surface area contributed by atoms with Gasteiger partial charge in [-0.2, -0.15) is 5.10 Å². The molecule has 0 amide bonds. The summed E-state index contributed by atoms with van der Waals surface area (Å²) in [6, 6.07) is 2.09. The summed E-state index contributed by atoms with van der Waals surface area (Å²) in [5.74, 6) is -1.29. The molecule has 112 valence electrons. The van der Waals surface area contributed by atoms with E-state index >= 15 is 0 Å². The van der Waals surface area contributed by atoms with Crippen LogP contribution in [0.2, 0.25) is 0 Å². The molecular weight excluding hydrogens is 280 g/mol. The molecular formula is C13H20N2O4S. The van der Waals surface area contributed by atoms with Crippen LogP contribution in [0.1, 0.15) is 50.8 Å². The standard InChI is InChI=1S/C13H20N2O4S/c1-10(8-13(16)17)20(18,19)9-11-6-7-15(14-11)12-4-2-3-5-12/h6-7,10,12H,2-5,8-9H2,1H3,(H,16,17). The van der Waals surface area contributed by atoms with Crippen molar-refractivity contribution in [3.8, 4) is 0 Å². The summed E-state index contributed by atoms with van der Waals surface area (Å²) < 4.78 is 26.0. The molecule has 0 spiro atoms. The lowest BCUT2D eigenvalue weighted by atomic mass is 10.3. The van der Waals surface area contributed by atoms with Gasteiger partial charge in [0.15, 0.2) is 9.84 Å². The number of carboxylic acids is 1. The molecule has 1 heterocycles. The number of carboxylic acid groups (broad SMARTS) is 1. The Morgan fingerprint density at radius 3 is 2.75 bits per heavy atom. The molecule has 0 radical (unpaired) electrons. The molecule has 1 aliphatic rings. The minimum absolute atomic E-state index is 0.193. The van der Waals surface area contributed by atoms with Crippen molar-refractivity contribution in [1.29, 1.82) is 0 Å². The molecule has 2 rings (SSSR count). The second kappa shape index (κ2) is 5.95. The monoisotopic (exact) mass is 300 g/mol. The Morgan fingerprint density at radius 2 is 2.15 bits per heavy atom. The van der Waals surface area contributed by atoms with E-state index < -0.39 is 21.1 Å². The topological polar surface area (TPSA) is 89.3 Å². The molecule has 0 aromatic carbocycles. The first kappa shape index (κ1) is 15.0. The van der Waals surface area contributed by atoms with E-state index in [1.165, 1.54) is 19.8 Å². The van der Waals surface area contributed by atoms with Gasteiger partial charge in [0.05, 0.1) is 29.2 Å². The summed E-state index contributed by atoms with van der Waals surface area (Å²) in [4.78, 5) is 10.6. The van der Waals surface area contributed by atoms with Crippen LogP contribution in [0.3, 0.4) is 0 Å². The maximum atomic E-state index is 12.1. The molecule has 1 saturated carbocycles. The minimum atomic E-state index is -3.48. The highest BCUT2D eigenvalue weighted by atomic mass is 32.2. The summed E-state index contributed by atoms with van der Waals surface area (Å²) in [6.45, 7) is 1.43. The van der Waals surface area contributed by atoms with Crippen LogP contribution in [0.5, 0.6) is 0 Å². The third-order valence-corrected chi connectivity index (χ3v) is 5.88. The number of sulfone groups is 1. The fourth-order valence-electron chi connectivity index (χ4n) is 2.55. The highest BCUT2D eigenvalue weighted by molar-refractivity contribution is 7.91. The van der Waals surface area contributed by atoms with E-state index in [0.29, 0.717) is 11.7 Å². The SMILES string of the molecule is CC(CC(=O)O)S(=O)(=O)Cc1ccn(C2CCCC2)n1. The summed E-state index contributed by atoms with van der Waals surface area (Å²) in [5.41, 5.74) is 0.495. The molecule has 1 N–H and O–H groups in total. The molecule has 1 atom stereocenters. The summed E-state index contributed by atoms with van der Waals surface area (Å²) >= 11 is 0. The number of carbonyl (C=O) groups is 1. The number of aliphatic carboxylic acids is 1. The van der Waals surface area contributed by atoms with Gasteiger partial charge in [0.2, 0.25) is 0 Å². The average molecular weight is 300 g/mol. The molecule has 1 unspecified atom stereocenters. The van der Waals surface area contributed by atoms with Crippen molar-refractivity contribution in [3.05, 3.63) is 18.0 Å². The van der Waals surface area contributed by atoms with Gasteiger partial charge in [0, 0.05) is 6.20 Å². The maximum absolute atomic E-state index is 12.1. The summed E-state index contributed by atoms with van der Waals surface area (Å²) in [6.07, 6.45) is 6.00. The lowest BCUT2D eigenvalue weighted by molar-refractivity contribution is -0.136. The number of hydrogen-bond donors (Lipinski definition) is 1. The van der Waals surface area contributed by atoms with Crippen molar-refractivity contribution < 1.29 is 18.3 Å². The van der Waals surface area contributed by atoms with Crippen molar-refractivity contribution in [1.82, 2.24) is 9.78 Å². The van der Waals surface area contributed by atoms with E-state index in [2.05, 4.69) is 5.10 Å². The average Bonchev–Trinajstić information content (AvgIpc) is 2.96. The fraction of sp³-hybridized carbons (Fsp3) is 0.692. The zero-order chi connectivity index (χ0) is 14.8. The van der Waals surface area contributed by atoms with Gasteiger partial charge in [0.1, 0.15) is 0 Å². The summed E-state index contributed by atoms with van der Waals surface area (Å²) in [5, 5.41) is 12.1. The first-order valence-electron chi connectivity index (χ1n) is 6.86. The van der Waals surface area contributed by atoms with Crippen LogP contribution < -0.4 is 0 Å². The highest BCUT2D eigenvalue weighted by Crippen LogP contribution is 2.28. The first-order valence-corrected chi connectivity index (χ1v) is 8.57. The molecule has 1 aromatic heterocycles. The maximum Gasteiger partial charge on any atom is 0.304 e. The van der Waals surface area contributed by atoms with Gasteiger partial charge in [-0.15, -0.1) is 0 Å². The lowest BCUT2D eigenvalue weighted by Crippen LogP contribution is -2.23.